The molecular formula is C18H15BrCl2N2O2S. The fraction of sp³-hybridized carbons (Fsp3) is 0.167. The highest BCUT2D eigenvalue weighted by Crippen LogP contribution is 2.35. The van der Waals surface area contributed by atoms with Crippen molar-refractivity contribution >= 4 is 55.6 Å². The molecule has 8 heteroatoms. The van der Waals surface area contributed by atoms with Crippen LogP contribution in [0.25, 0.3) is 0 Å². The second-order valence-corrected chi connectivity index (χ2v) is 7.84. The van der Waals surface area contributed by atoms with Gasteiger partial charge in [0.25, 0.3) is 0 Å². The molecular weight excluding hydrogens is 459 g/mol. The molecule has 0 aliphatic heterocycles. The third-order valence-corrected chi connectivity index (χ3v) is 5.81. The lowest BCUT2D eigenvalue weighted by Gasteiger charge is -2.15. The van der Waals surface area contributed by atoms with Crippen LogP contribution in [0.15, 0.2) is 46.4 Å². The number of benzene rings is 2. The summed E-state index contributed by atoms with van der Waals surface area (Å²) in [4.78, 5) is 4.21. The molecule has 26 heavy (non-hydrogen) atoms. The zero-order valence-corrected chi connectivity index (χ0v) is 17.7. The number of nitrogens with one attached hydrogen (secondary N) is 1. The van der Waals surface area contributed by atoms with Gasteiger partial charge in [-0.25, -0.2) is 4.98 Å². The third kappa shape index (κ3) is 4.62. The summed E-state index contributed by atoms with van der Waals surface area (Å²) >= 11 is 17.5. The molecule has 0 atom stereocenters. The van der Waals surface area contributed by atoms with Crippen molar-refractivity contribution in [1.82, 2.24) is 4.98 Å². The Morgan fingerprint density at radius 2 is 1.96 bits per heavy atom. The lowest BCUT2D eigenvalue weighted by molar-refractivity contribution is 0.284. The van der Waals surface area contributed by atoms with E-state index in [-0.39, 0.29) is 6.61 Å². The Bertz CT molecular complexity index is 871. The Morgan fingerprint density at radius 1 is 1.19 bits per heavy atom. The number of anilines is 1. The zero-order valence-electron chi connectivity index (χ0n) is 13.8. The van der Waals surface area contributed by atoms with Gasteiger partial charge in [0.1, 0.15) is 6.61 Å². The van der Waals surface area contributed by atoms with E-state index in [0.29, 0.717) is 28.1 Å². The van der Waals surface area contributed by atoms with Gasteiger partial charge in [-0.05, 0) is 29.8 Å². The first-order valence-corrected chi connectivity index (χ1v) is 10.1. The van der Waals surface area contributed by atoms with Gasteiger partial charge in [-0.2, -0.15) is 0 Å². The Hall–Kier alpha value is -1.47. The van der Waals surface area contributed by atoms with Crippen LogP contribution in [-0.2, 0) is 13.2 Å². The molecule has 1 N–H and O–H groups in total. The molecule has 0 spiro atoms. The monoisotopic (exact) mass is 472 g/mol. The second-order valence-electron chi connectivity index (χ2n) is 5.27. The first-order chi connectivity index (χ1) is 12.6. The molecule has 1 heterocycles. The molecule has 0 saturated carbocycles. The van der Waals surface area contributed by atoms with Crippen LogP contribution in [0.5, 0.6) is 11.5 Å². The number of nitrogens with zero attached hydrogens (tertiary/aromatic N) is 1. The quantitative estimate of drug-likeness (QED) is 0.430. The third-order valence-electron chi connectivity index (χ3n) is 3.63. The minimum atomic E-state index is 0.248. The first kappa shape index (κ1) is 19.3. The molecule has 2 aromatic carbocycles. The summed E-state index contributed by atoms with van der Waals surface area (Å²) in [6.07, 6.45) is 1.76. The van der Waals surface area contributed by atoms with Crippen molar-refractivity contribution in [3.63, 3.8) is 0 Å². The van der Waals surface area contributed by atoms with Gasteiger partial charge in [0.2, 0.25) is 0 Å². The van der Waals surface area contributed by atoms with E-state index >= 15 is 0 Å². The fourth-order valence-corrected chi connectivity index (χ4v) is 3.78. The lowest BCUT2D eigenvalue weighted by Crippen LogP contribution is -2.03. The van der Waals surface area contributed by atoms with Crippen molar-refractivity contribution in [1.29, 1.82) is 0 Å². The van der Waals surface area contributed by atoms with Crippen LogP contribution in [0.1, 0.15) is 11.1 Å². The smallest absolute Gasteiger partial charge is 0.182 e. The van der Waals surface area contributed by atoms with E-state index in [4.69, 9.17) is 32.7 Å². The van der Waals surface area contributed by atoms with Crippen molar-refractivity contribution in [3.05, 3.63) is 67.6 Å². The molecule has 0 radical (unpaired) electrons. The molecule has 1 aromatic heterocycles. The number of rotatable bonds is 7. The van der Waals surface area contributed by atoms with Gasteiger partial charge in [0, 0.05) is 38.2 Å². The average Bonchev–Trinajstić information content (AvgIpc) is 3.14. The molecule has 0 aliphatic rings. The maximum Gasteiger partial charge on any atom is 0.182 e. The van der Waals surface area contributed by atoms with Crippen LogP contribution in [0, 0.1) is 0 Å². The average molecular weight is 474 g/mol. The van der Waals surface area contributed by atoms with Crippen LogP contribution in [-0.4, -0.2) is 12.1 Å². The van der Waals surface area contributed by atoms with E-state index in [1.807, 2.05) is 17.5 Å². The van der Waals surface area contributed by atoms with E-state index < -0.39 is 0 Å². The summed E-state index contributed by atoms with van der Waals surface area (Å²) in [5.74, 6) is 1.24. The highest BCUT2D eigenvalue weighted by Gasteiger charge is 2.13. The highest BCUT2D eigenvalue weighted by molar-refractivity contribution is 9.10. The van der Waals surface area contributed by atoms with Crippen molar-refractivity contribution in [2.45, 2.75) is 13.2 Å². The Morgan fingerprint density at radius 3 is 2.62 bits per heavy atom. The van der Waals surface area contributed by atoms with Gasteiger partial charge < -0.3 is 14.8 Å². The molecule has 0 aliphatic carbocycles. The fourth-order valence-electron chi connectivity index (χ4n) is 2.29. The number of ether oxygens (including phenoxy) is 2. The summed E-state index contributed by atoms with van der Waals surface area (Å²) in [6.45, 7) is 0.860. The number of aromatic nitrogens is 1. The highest BCUT2D eigenvalue weighted by atomic mass is 79.9. The molecule has 0 unspecified atom stereocenters. The summed E-state index contributed by atoms with van der Waals surface area (Å²) in [5.41, 5.74) is 1.77. The largest absolute Gasteiger partial charge is 0.493 e. The summed E-state index contributed by atoms with van der Waals surface area (Å²) in [5, 5.41) is 7.20. The van der Waals surface area contributed by atoms with Crippen LogP contribution in [0.2, 0.25) is 10.0 Å². The second kappa shape index (κ2) is 8.95. The maximum absolute atomic E-state index is 6.20. The lowest BCUT2D eigenvalue weighted by atomic mass is 10.2. The SMILES string of the molecule is COc1cc(CNc2nccs2)c(Br)cc1OCc1c(Cl)cccc1Cl. The molecule has 3 rings (SSSR count). The Labute approximate surface area is 174 Å². The molecule has 3 aromatic rings. The molecule has 0 saturated heterocycles. The predicted octanol–water partition coefficient (Wildman–Crippen LogP) is 6.41. The van der Waals surface area contributed by atoms with Crippen LogP contribution >= 0.6 is 50.5 Å². The molecule has 4 nitrogen and oxygen atoms in total. The maximum atomic E-state index is 6.20. The minimum Gasteiger partial charge on any atom is -0.493 e. The van der Waals surface area contributed by atoms with Gasteiger partial charge in [0.05, 0.1) is 7.11 Å². The van der Waals surface area contributed by atoms with Crippen molar-refractivity contribution in [2.24, 2.45) is 0 Å². The molecule has 0 fully saturated rings. The van der Waals surface area contributed by atoms with Gasteiger partial charge >= 0.3 is 0 Å². The van der Waals surface area contributed by atoms with Crippen LogP contribution < -0.4 is 14.8 Å². The van der Waals surface area contributed by atoms with Gasteiger partial charge in [0.15, 0.2) is 16.6 Å². The van der Waals surface area contributed by atoms with Crippen molar-refractivity contribution in [2.75, 3.05) is 12.4 Å². The van der Waals surface area contributed by atoms with E-state index in [1.54, 1.807) is 42.8 Å². The van der Waals surface area contributed by atoms with Gasteiger partial charge in [-0.15, -0.1) is 11.3 Å². The van der Waals surface area contributed by atoms with E-state index in [0.717, 1.165) is 20.7 Å². The van der Waals surface area contributed by atoms with Crippen molar-refractivity contribution < 1.29 is 9.47 Å². The van der Waals surface area contributed by atoms with Crippen LogP contribution in [0.3, 0.4) is 0 Å². The van der Waals surface area contributed by atoms with Gasteiger partial charge in [-0.3, -0.25) is 0 Å². The van der Waals surface area contributed by atoms with E-state index in [2.05, 4.69) is 26.2 Å². The topological polar surface area (TPSA) is 43.4 Å². The van der Waals surface area contributed by atoms with Crippen molar-refractivity contribution in [3.8, 4) is 11.5 Å². The number of hydrogen-bond donors (Lipinski definition) is 1. The molecule has 0 bridgehead atoms. The summed E-state index contributed by atoms with van der Waals surface area (Å²) < 4.78 is 12.3. The molecule has 0 amide bonds. The summed E-state index contributed by atoms with van der Waals surface area (Å²) in [7, 11) is 1.61. The summed E-state index contributed by atoms with van der Waals surface area (Å²) in [6, 6.07) is 9.17. The number of hydrogen-bond acceptors (Lipinski definition) is 5. The number of thiazole rings is 1. The normalized spacial score (nSPS) is 10.6. The zero-order chi connectivity index (χ0) is 18.5. The molecule has 136 valence electrons. The first-order valence-electron chi connectivity index (χ1n) is 7.64. The minimum absolute atomic E-state index is 0.248. The van der Waals surface area contributed by atoms with E-state index in [9.17, 15) is 0 Å². The number of methoxy groups -OCH3 is 1. The van der Waals surface area contributed by atoms with E-state index in [1.165, 1.54) is 0 Å². The van der Waals surface area contributed by atoms with Gasteiger partial charge in [-0.1, -0.05) is 45.2 Å². The van der Waals surface area contributed by atoms with Crippen LogP contribution in [0.4, 0.5) is 5.13 Å². The number of halogens is 3. The Balaban J connectivity index is 1.76. The standard InChI is InChI=1S/C18H15BrCl2N2O2S/c1-24-16-7-11(9-23-18-22-5-6-26-18)13(19)8-17(16)25-10-12-14(20)3-2-4-15(12)21/h2-8H,9-10H2,1H3,(H,22,23). The predicted molar refractivity (Wildman–Crippen MR) is 111 cm³/mol. The Kier molecular flexibility index (Phi) is 6.64.